The van der Waals surface area contributed by atoms with E-state index in [1.165, 1.54) is 12.1 Å². The molecule has 1 aromatic carbocycles. The average molecular weight is 416 g/mol. The SMILES string of the molecule is O=C(c1cccc(Cl)c1F)N1CCN(Cc2cncc(Nc3cc[nH]n3)n2)CC1. The first-order valence-electron chi connectivity index (χ1n) is 9.13. The number of hydrogen-bond acceptors (Lipinski definition) is 6. The molecular formula is C19H19ClFN7O. The van der Waals surface area contributed by atoms with E-state index in [1.54, 1.807) is 35.6 Å². The summed E-state index contributed by atoms with van der Waals surface area (Å²) in [7, 11) is 0. The van der Waals surface area contributed by atoms with Crippen LogP contribution in [0.1, 0.15) is 16.1 Å². The lowest BCUT2D eigenvalue weighted by Gasteiger charge is -2.34. The molecule has 0 saturated carbocycles. The van der Waals surface area contributed by atoms with Crippen LogP contribution >= 0.6 is 11.6 Å². The van der Waals surface area contributed by atoms with E-state index in [1.807, 2.05) is 0 Å². The summed E-state index contributed by atoms with van der Waals surface area (Å²) in [6.07, 6.45) is 5.07. The number of halogens is 2. The Labute approximate surface area is 171 Å². The Hall–Kier alpha value is -3.04. The zero-order chi connectivity index (χ0) is 20.2. The topological polar surface area (TPSA) is 90.0 Å². The first kappa shape index (κ1) is 19.3. The van der Waals surface area contributed by atoms with Gasteiger partial charge in [-0.3, -0.25) is 19.8 Å². The van der Waals surface area contributed by atoms with Gasteiger partial charge >= 0.3 is 0 Å². The van der Waals surface area contributed by atoms with Crippen LogP contribution in [-0.2, 0) is 6.54 Å². The summed E-state index contributed by atoms with van der Waals surface area (Å²) in [6.45, 7) is 2.93. The van der Waals surface area contributed by atoms with Crippen molar-refractivity contribution in [3.8, 4) is 0 Å². The van der Waals surface area contributed by atoms with Crippen molar-refractivity contribution in [2.24, 2.45) is 0 Å². The van der Waals surface area contributed by atoms with Gasteiger partial charge in [-0.1, -0.05) is 17.7 Å². The van der Waals surface area contributed by atoms with Gasteiger partial charge in [0.25, 0.3) is 5.91 Å². The molecule has 2 N–H and O–H groups in total. The molecule has 3 heterocycles. The van der Waals surface area contributed by atoms with Crippen LogP contribution < -0.4 is 5.32 Å². The first-order chi connectivity index (χ1) is 14.1. The number of nitrogens with one attached hydrogen (secondary N) is 2. The van der Waals surface area contributed by atoms with Gasteiger partial charge in [0.15, 0.2) is 11.6 Å². The van der Waals surface area contributed by atoms with Crippen molar-refractivity contribution in [2.45, 2.75) is 6.54 Å². The summed E-state index contributed by atoms with van der Waals surface area (Å²) in [5.74, 6) is 0.268. The predicted octanol–water partition coefficient (Wildman–Crippen LogP) is 2.69. The van der Waals surface area contributed by atoms with E-state index in [4.69, 9.17) is 11.6 Å². The molecule has 1 aliphatic rings. The highest BCUT2D eigenvalue weighted by molar-refractivity contribution is 6.31. The molecule has 0 atom stereocenters. The van der Waals surface area contributed by atoms with E-state index in [0.717, 1.165) is 5.69 Å². The lowest BCUT2D eigenvalue weighted by molar-refractivity contribution is 0.0622. The fraction of sp³-hybridized carbons (Fsp3) is 0.263. The number of benzene rings is 1. The Morgan fingerprint density at radius 2 is 2.00 bits per heavy atom. The van der Waals surface area contributed by atoms with E-state index >= 15 is 0 Å². The Morgan fingerprint density at radius 3 is 2.76 bits per heavy atom. The Bertz CT molecular complexity index is 990. The van der Waals surface area contributed by atoms with Crippen LogP contribution in [0.5, 0.6) is 0 Å². The summed E-state index contributed by atoms with van der Waals surface area (Å²) in [5, 5.41) is 9.79. The molecule has 3 aromatic rings. The van der Waals surface area contributed by atoms with Crippen LogP contribution in [0.15, 0.2) is 42.9 Å². The van der Waals surface area contributed by atoms with Crippen molar-refractivity contribution in [1.82, 2.24) is 30.0 Å². The molecule has 0 aliphatic carbocycles. The minimum Gasteiger partial charge on any atom is -0.336 e. The van der Waals surface area contributed by atoms with Gasteiger partial charge in [0.2, 0.25) is 0 Å². The molecule has 1 fully saturated rings. The molecule has 0 unspecified atom stereocenters. The standard InChI is InChI=1S/C19H19ClFN7O/c20-15-3-1-2-14(18(15)21)19(29)28-8-6-27(7-9-28)12-13-10-22-11-17(24-13)25-16-4-5-23-26-16/h1-5,10-11H,6-9,12H2,(H2,23,24,25,26). The van der Waals surface area contributed by atoms with Crippen molar-refractivity contribution < 1.29 is 9.18 Å². The number of hydrogen-bond donors (Lipinski definition) is 2. The third kappa shape index (κ3) is 4.52. The van der Waals surface area contributed by atoms with E-state index < -0.39 is 5.82 Å². The quantitative estimate of drug-likeness (QED) is 0.666. The smallest absolute Gasteiger partial charge is 0.256 e. The predicted molar refractivity (Wildman–Crippen MR) is 106 cm³/mol. The largest absolute Gasteiger partial charge is 0.336 e. The highest BCUT2D eigenvalue weighted by Crippen LogP contribution is 2.20. The lowest BCUT2D eigenvalue weighted by Crippen LogP contribution is -2.48. The summed E-state index contributed by atoms with van der Waals surface area (Å²) < 4.78 is 14.1. The third-order valence-electron chi connectivity index (χ3n) is 4.67. The number of aromatic nitrogens is 4. The van der Waals surface area contributed by atoms with Crippen LogP contribution in [0.25, 0.3) is 0 Å². The number of rotatable bonds is 5. The van der Waals surface area contributed by atoms with Crippen LogP contribution in [0.3, 0.4) is 0 Å². The Morgan fingerprint density at radius 1 is 1.17 bits per heavy atom. The molecule has 29 heavy (non-hydrogen) atoms. The van der Waals surface area contributed by atoms with Crippen molar-refractivity contribution in [2.75, 3.05) is 31.5 Å². The maximum Gasteiger partial charge on any atom is 0.256 e. The molecule has 2 aromatic heterocycles. The van der Waals surface area contributed by atoms with Crippen LogP contribution in [0.2, 0.25) is 5.02 Å². The van der Waals surface area contributed by atoms with Crippen molar-refractivity contribution >= 4 is 29.1 Å². The minimum atomic E-state index is -0.668. The minimum absolute atomic E-state index is 0.00829. The third-order valence-corrected chi connectivity index (χ3v) is 4.96. The number of anilines is 2. The van der Waals surface area contributed by atoms with Crippen molar-refractivity contribution in [3.63, 3.8) is 0 Å². The second kappa shape index (κ2) is 8.54. The number of carbonyl (C=O) groups is 1. The van der Waals surface area contributed by atoms with Gasteiger partial charge in [-0.2, -0.15) is 5.10 Å². The highest BCUT2D eigenvalue weighted by atomic mass is 35.5. The molecule has 0 spiro atoms. The van der Waals surface area contributed by atoms with Gasteiger partial charge in [-0.25, -0.2) is 9.37 Å². The number of piperazine rings is 1. The number of carbonyl (C=O) groups excluding carboxylic acids is 1. The second-order valence-electron chi connectivity index (χ2n) is 6.65. The maximum absolute atomic E-state index is 14.1. The van der Waals surface area contributed by atoms with Gasteiger partial charge in [0, 0.05) is 51.2 Å². The average Bonchev–Trinajstić information content (AvgIpc) is 3.23. The number of amides is 1. The van der Waals surface area contributed by atoms with Crippen LogP contribution in [-0.4, -0.2) is 62.1 Å². The van der Waals surface area contributed by atoms with Crippen molar-refractivity contribution in [3.05, 3.63) is 65.0 Å². The van der Waals surface area contributed by atoms with Crippen LogP contribution in [0.4, 0.5) is 16.0 Å². The highest BCUT2D eigenvalue weighted by Gasteiger charge is 2.25. The normalized spacial score (nSPS) is 14.8. The molecule has 1 amide bonds. The number of H-pyrrole nitrogens is 1. The Kier molecular flexibility index (Phi) is 5.68. The molecule has 4 rings (SSSR count). The van der Waals surface area contributed by atoms with Gasteiger partial charge in [-0.05, 0) is 12.1 Å². The van der Waals surface area contributed by atoms with E-state index in [2.05, 4.69) is 30.4 Å². The summed E-state index contributed by atoms with van der Waals surface area (Å²) in [6, 6.07) is 6.27. The molecular weight excluding hydrogens is 397 g/mol. The maximum atomic E-state index is 14.1. The zero-order valence-electron chi connectivity index (χ0n) is 15.5. The molecule has 8 nitrogen and oxygen atoms in total. The molecule has 0 bridgehead atoms. The van der Waals surface area contributed by atoms with Gasteiger partial charge in [0.1, 0.15) is 5.82 Å². The van der Waals surface area contributed by atoms with Crippen molar-refractivity contribution in [1.29, 1.82) is 0 Å². The number of nitrogens with zero attached hydrogens (tertiary/aromatic N) is 5. The van der Waals surface area contributed by atoms with Crippen LogP contribution in [0, 0.1) is 5.82 Å². The fourth-order valence-corrected chi connectivity index (χ4v) is 3.36. The Balaban J connectivity index is 1.34. The molecule has 1 aliphatic heterocycles. The summed E-state index contributed by atoms with van der Waals surface area (Å²) >= 11 is 5.79. The van der Waals surface area contributed by atoms with E-state index in [0.29, 0.717) is 44.4 Å². The molecule has 0 radical (unpaired) electrons. The monoisotopic (exact) mass is 415 g/mol. The number of aromatic amines is 1. The van der Waals surface area contributed by atoms with E-state index in [9.17, 15) is 9.18 Å². The molecule has 150 valence electrons. The first-order valence-corrected chi connectivity index (χ1v) is 9.51. The van der Waals surface area contributed by atoms with E-state index in [-0.39, 0.29) is 16.5 Å². The second-order valence-corrected chi connectivity index (χ2v) is 7.06. The molecule has 1 saturated heterocycles. The zero-order valence-corrected chi connectivity index (χ0v) is 16.2. The lowest BCUT2D eigenvalue weighted by atomic mass is 10.1. The van der Waals surface area contributed by atoms with Gasteiger partial charge in [0.05, 0.1) is 22.5 Å². The molecule has 10 heteroatoms. The fourth-order valence-electron chi connectivity index (χ4n) is 3.18. The van der Waals surface area contributed by atoms with Gasteiger partial charge < -0.3 is 10.2 Å². The summed E-state index contributed by atoms with van der Waals surface area (Å²) in [4.78, 5) is 25.2. The summed E-state index contributed by atoms with van der Waals surface area (Å²) in [5.41, 5.74) is 0.820. The van der Waals surface area contributed by atoms with Gasteiger partial charge in [-0.15, -0.1) is 0 Å².